The van der Waals surface area contributed by atoms with Gasteiger partial charge < -0.3 is 9.84 Å². The van der Waals surface area contributed by atoms with Gasteiger partial charge in [0.1, 0.15) is 17.2 Å². The molecule has 0 atom stereocenters. The van der Waals surface area contributed by atoms with E-state index in [9.17, 15) is 5.11 Å². The van der Waals surface area contributed by atoms with Gasteiger partial charge in [-0.25, -0.2) is 0 Å². The predicted molar refractivity (Wildman–Crippen MR) is 106 cm³/mol. The third-order valence-corrected chi connectivity index (χ3v) is 4.10. The monoisotopic (exact) mass is 339 g/mol. The first-order valence-electron chi connectivity index (χ1n) is 8.37. The first-order chi connectivity index (χ1) is 12.8. The van der Waals surface area contributed by atoms with Crippen LogP contribution in [0.5, 0.6) is 17.2 Å². The Labute approximate surface area is 151 Å². The molecule has 4 rings (SSSR count). The summed E-state index contributed by atoms with van der Waals surface area (Å²) in [5.74, 6) is 1.80. The molecule has 0 radical (unpaired) electrons. The molecule has 0 saturated carbocycles. The van der Waals surface area contributed by atoms with Crippen molar-refractivity contribution >= 4 is 22.7 Å². The Morgan fingerprint density at radius 2 is 1.38 bits per heavy atom. The molecule has 0 aliphatic rings. The largest absolute Gasteiger partial charge is 0.507 e. The van der Waals surface area contributed by atoms with Crippen LogP contribution in [0.4, 0.5) is 5.69 Å². The number of aliphatic imine (C=N–C) groups is 1. The zero-order chi connectivity index (χ0) is 17.8. The van der Waals surface area contributed by atoms with E-state index in [4.69, 9.17) is 4.74 Å². The van der Waals surface area contributed by atoms with E-state index in [1.807, 2.05) is 91.0 Å². The molecular formula is C23H17NO2. The number of nitrogens with zero attached hydrogens (tertiary/aromatic N) is 1. The highest BCUT2D eigenvalue weighted by Crippen LogP contribution is 2.28. The van der Waals surface area contributed by atoms with Crippen molar-refractivity contribution < 1.29 is 9.84 Å². The van der Waals surface area contributed by atoms with E-state index >= 15 is 0 Å². The summed E-state index contributed by atoms with van der Waals surface area (Å²) in [6.07, 6.45) is 1.68. The molecule has 0 saturated heterocycles. The molecule has 0 bridgehead atoms. The first kappa shape index (κ1) is 15.9. The average Bonchev–Trinajstić information content (AvgIpc) is 2.70. The number of phenolic OH excluding ortho intramolecular Hbond substituents is 1. The first-order valence-corrected chi connectivity index (χ1v) is 8.37. The van der Waals surface area contributed by atoms with Gasteiger partial charge in [-0.3, -0.25) is 4.99 Å². The van der Waals surface area contributed by atoms with Crippen LogP contribution in [-0.2, 0) is 0 Å². The van der Waals surface area contributed by atoms with Crippen molar-refractivity contribution in [2.75, 3.05) is 0 Å². The van der Waals surface area contributed by atoms with Gasteiger partial charge in [-0.05, 0) is 47.9 Å². The van der Waals surface area contributed by atoms with Crippen LogP contribution in [0.2, 0.25) is 0 Å². The van der Waals surface area contributed by atoms with Crippen molar-refractivity contribution in [1.29, 1.82) is 0 Å². The highest BCUT2D eigenvalue weighted by Gasteiger charge is 2.04. The average molecular weight is 339 g/mol. The Balaban J connectivity index is 1.53. The van der Waals surface area contributed by atoms with Crippen LogP contribution in [0.15, 0.2) is 96.0 Å². The van der Waals surface area contributed by atoms with Gasteiger partial charge >= 0.3 is 0 Å². The van der Waals surface area contributed by atoms with E-state index < -0.39 is 0 Å². The number of fused-ring (bicyclic) bond motifs is 1. The summed E-state index contributed by atoms with van der Waals surface area (Å²) in [4.78, 5) is 4.45. The van der Waals surface area contributed by atoms with E-state index in [1.165, 1.54) is 0 Å². The lowest BCUT2D eigenvalue weighted by atomic mass is 10.1. The van der Waals surface area contributed by atoms with Crippen LogP contribution in [0.3, 0.4) is 0 Å². The lowest BCUT2D eigenvalue weighted by Gasteiger charge is -2.05. The molecule has 126 valence electrons. The molecule has 3 heteroatoms. The number of rotatable bonds is 4. The molecule has 0 heterocycles. The Kier molecular flexibility index (Phi) is 4.35. The smallest absolute Gasteiger partial charge is 0.132 e. The third kappa shape index (κ3) is 3.42. The highest BCUT2D eigenvalue weighted by molar-refractivity contribution is 5.97. The van der Waals surface area contributed by atoms with Crippen molar-refractivity contribution in [2.24, 2.45) is 4.99 Å². The van der Waals surface area contributed by atoms with Crippen molar-refractivity contribution in [3.63, 3.8) is 0 Å². The predicted octanol–water partition coefficient (Wildman–Crippen LogP) is 6.09. The second kappa shape index (κ2) is 7.11. The molecule has 3 nitrogen and oxygen atoms in total. The van der Waals surface area contributed by atoms with Gasteiger partial charge in [0, 0.05) is 17.2 Å². The lowest BCUT2D eigenvalue weighted by Crippen LogP contribution is -1.85. The normalized spacial score (nSPS) is 11.1. The second-order valence-corrected chi connectivity index (χ2v) is 5.89. The van der Waals surface area contributed by atoms with Crippen LogP contribution in [0.25, 0.3) is 10.8 Å². The summed E-state index contributed by atoms with van der Waals surface area (Å²) < 4.78 is 5.77. The van der Waals surface area contributed by atoms with Crippen LogP contribution >= 0.6 is 0 Å². The summed E-state index contributed by atoms with van der Waals surface area (Å²) in [5.41, 5.74) is 1.48. The zero-order valence-electron chi connectivity index (χ0n) is 14.0. The highest BCUT2D eigenvalue weighted by atomic mass is 16.5. The van der Waals surface area contributed by atoms with Gasteiger partial charge in [-0.15, -0.1) is 0 Å². The molecule has 4 aromatic carbocycles. The summed E-state index contributed by atoms with van der Waals surface area (Å²) in [6, 6.07) is 28.7. The van der Waals surface area contributed by atoms with Crippen LogP contribution < -0.4 is 4.74 Å². The van der Waals surface area contributed by atoms with E-state index in [2.05, 4.69) is 4.99 Å². The van der Waals surface area contributed by atoms with E-state index in [1.54, 1.807) is 6.21 Å². The number of hydrogen-bond donors (Lipinski definition) is 1. The number of benzene rings is 4. The quantitative estimate of drug-likeness (QED) is 0.457. The van der Waals surface area contributed by atoms with E-state index in [-0.39, 0.29) is 5.75 Å². The minimum absolute atomic E-state index is 0.246. The number of phenols is 1. The molecule has 1 N–H and O–H groups in total. The van der Waals surface area contributed by atoms with Gasteiger partial charge in [0.05, 0.1) is 5.69 Å². The van der Waals surface area contributed by atoms with Crippen molar-refractivity contribution in [1.82, 2.24) is 0 Å². The molecular weight excluding hydrogens is 322 g/mol. The molecule has 0 aliphatic carbocycles. The van der Waals surface area contributed by atoms with Crippen LogP contribution in [0, 0.1) is 0 Å². The van der Waals surface area contributed by atoms with Gasteiger partial charge in [-0.1, -0.05) is 48.5 Å². The number of para-hydroxylation sites is 1. The maximum Gasteiger partial charge on any atom is 0.132 e. The van der Waals surface area contributed by atoms with Crippen molar-refractivity contribution in [3.05, 3.63) is 96.6 Å². The molecule has 4 aromatic rings. The topological polar surface area (TPSA) is 41.8 Å². The van der Waals surface area contributed by atoms with Crippen molar-refractivity contribution in [3.8, 4) is 17.2 Å². The molecule has 26 heavy (non-hydrogen) atoms. The Morgan fingerprint density at radius 1 is 0.692 bits per heavy atom. The summed E-state index contributed by atoms with van der Waals surface area (Å²) in [7, 11) is 0. The summed E-state index contributed by atoms with van der Waals surface area (Å²) in [5, 5.41) is 12.3. The lowest BCUT2D eigenvalue weighted by molar-refractivity contribution is 0.480. The maximum absolute atomic E-state index is 10.4. The van der Waals surface area contributed by atoms with Crippen LogP contribution in [-0.4, -0.2) is 11.3 Å². The fraction of sp³-hybridized carbons (Fsp3) is 0. The van der Waals surface area contributed by atoms with Crippen molar-refractivity contribution in [2.45, 2.75) is 0 Å². The van der Waals surface area contributed by atoms with E-state index in [0.717, 1.165) is 28.0 Å². The minimum Gasteiger partial charge on any atom is -0.507 e. The van der Waals surface area contributed by atoms with E-state index in [0.29, 0.717) is 5.56 Å². The SMILES string of the molecule is Oc1c(C=Nc2ccc(Oc3ccccc3)cc2)ccc2ccccc12. The van der Waals surface area contributed by atoms with Crippen LogP contribution in [0.1, 0.15) is 5.56 Å². The fourth-order valence-corrected chi connectivity index (χ4v) is 2.75. The second-order valence-electron chi connectivity index (χ2n) is 5.89. The number of aromatic hydroxyl groups is 1. The van der Waals surface area contributed by atoms with Gasteiger partial charge in [0.25, 0.3) is 0 Å². The standard InChI is InChI=1S/C23H17NO2/c25-23-18(11-10-17-6-4-5-9-22(17)23)16-24-19-12-14-21(15-13-19)26-20-7-2-1-3-8-20/h1-16,25H. The maximum atomic E-state index is 10.4. The van der Waals surface area contributed by atoms with Gasteiger partial charge in [0.15, 0.2) is 0 Å². The molecule has 0 fully saturated rings. The molecule has 0 unspecified atom stereocenters. The van der Waals surface area contributed by atoms with Gasteiger partial charge in [-0.2, -0.15) is 0 Å². The Hall–Kier alpha value is -3.59. The fourth-order valence-electron chi connectivity index (χ4n) is 2.75. The summed E-state index contributed by atoms with van der Waals surface area (Å²) >= 11 is 0. The third-order valence-electron chi connectivity index (χ3n) is 4.10. The number of hydrogen-bond acceptors (Lipinski definition) is 3. The number of ether oxygens (including phenoxy) is 1. The molecule has 0 aliphatic heterocycles. The summed E-state index contributed by atoms with van der Waals surface area (Å²) in [6.45, 7) is 0. The molecule has 0 spiro atoms. The Bertz CT molecular complexity index is 1050. The minimum atomic E-state index is 0.246. The molecule has 0 aromatic heterocycles. The Morgan fingerprint density at radius 3 is 2.19 bits per heavy atom. The van der Waals surface area contributed by atoms with Gasteiger partial charge in [0.2, 0.25) is 0 Å². The zero-order valence-corrected chi connectivity index (χ0v) is 14.0. The molecule has 0 amide bonds.